The Morgan fingerprint density at radius 3 is 3.21 bits per heavy atom. The van der Waals surface area contributed by atoms with Gasteiger partial charge in [-0.05, 0) is 25.7 Å². The van der Waals surface area contributed by atoms with Crippen LogP contribution in [0.3, 0.4) is 0 Å². The van der Waals surface area contributed by atoms with Crippen molar-refractivity contribution in [2.24, 2.45) is 5.73 Å². The summed E-state index contributed by atoms with van der Waals surface area (Å²) in [5, 5.41) is 6.53. The molecule has 0 saturated heterocycles. The third-order valence-electron chi connectivity index (χ3n) is 2.59. The van der Waals surface area contributed by atoms with E-state index in [1.54, 1.807) is 0 Å². The molecule has 2 atom stereocenters. The van der Waals surface area contributed by atoms with Gasteiger partial charge >= 0.3 is 0 Å². The Labute approximate surface area is 83.1 Å². The van der Waals surface area contributed by atoms with E-state index >= 15 is 0 Å². The molecule has 0 aliphatic heterocycles. The summed E-state index contributed by atoms with van der Waals surface area (Å²) in [4.78, 5) is 4.00. The topological polar surface area (TPSA) is 76.8 Å². The summed E-state index contributed by atoms with van der Waals surface area (Å²) < 4.78 is 5.68. The molecule has 0 aromatic carbocycles. The van der Waals surface area contributed by atoms with E-state index in [4.69, 9.17) is 10.5 Å². The van der Waals surface area contributed by atoms with Gasteiger partial charge in [-0.15, -0.1) is 0 Å². The zero-order valence-electron chi connectivity index (χ0n) is 8.15. The van der Waals surface area contributed by atoms with Gasteiger partial charge < -0.3 is 10.5 Å². The molecule has 0 bridgehead atoms. The molecule has 1 saturated carbocycles. The first-order chi connectivity index (χ1) is 6.84. The summed E-state index contributed by atoms with van der Waals surface area (Å²) in [6.07, 6.45) is 6.16. The molecule has 14 heavy (non-hydrogen) atoms. The lowest BCUT2D eigenvalue weighted by Crippen LogP contribution is -2.32. The molecule has 2 rings (SSSR count). The molecule has 1 aromatic rings. The normalized spacial score (nSPS) is 27.8. The van der Waals surface area contributed by atoms with Crippen LogP contribution in [0.5, 0.6) is 0 Å². The SMILES string of the molecule is NC1CCCC(OCc2ncn[nH]2)C1. The van der Waals surface area contributed by atoms with E-state index in [1.807, 2.05) is 0 Å². The zero-order chi connectivity index (χ0) is 9.80. The largest absolute Gasteiger partial charge is 0.370 e. The predicted molar refractivity (Wildman–Crippen MR) is 51.4 cm³/mol. The van der Waals surface area contributed by atoms with Gasteiger partial charge in [0.15, 0.2) is 0 Å². The van der Waals surface area contributed by atoms with Crippen LogP contribution in [0, 0.1) is 0 Å². The van der Waals surface area contributed by atoms with Crippen molar-refractivity contribution in [3.63, 3.8) is 0 Å². The van der Waals surface area contributed by atoms with Crippen LogP contribution in [-0.4, -0.2) is 27.3 Å². The molecule has 0 radical (unpaired) electrons. The average Bonchev–Trinajstić information content (AvgIpc) is 2.67. The lowest BCUT2D eigenvalue weighted by Gasteiger charge is -2.26. The van der Waals surface area contributed by atoms with E-state index in [9.17, 15) is 0 Å². The van der Waals surface area contributed by atoms with Gasteiger partial charge in [-0.1, -0.05) is 0 Å². The van der Waals surface area contributed by atoms with Crippen molar-refractivity contribution in [2.45, 2.75) is 44.4 Å². The summed E-state index contributed by atoms with van der Waals surface area (Å²) in [6, 6.07) is 0.309. The number of H-pyrrole nitrogens is 1. The lowest BCUT2D eigenvalue weighted by atomic mass is 9.94. The maximum Gasteiger partial charge on any atom is 0.150 e. The second-order valence-electron chi connectivity index (χ2n) is 3.79. The van der Waals surface area contributed by atoms with E-state index in [2.05, 4.69) is 15.2 Å². The average molecular weight is 196 g/mol. The fourth-order valence-electron chi connectivity index (χ4n) is 1.83. The fourth-order valence-corrected chi connectivity index (χ4v) is 1.83. The Bertz CT molecular complexity index is 262. The Balaban J connectivity index is 1.75. The zero-order valence-corrected chi connectivity index (χ0v) is 8.15. The summed E-state index contributed by atoms with van der Waals surface area (Å²) in [6.45, 7) is 0.511. The van der Waals surface area contributed by atoms with E-state index in [-0.39, 0.29) is 0 Å². The minimum Gasteiger partial charge on any atom is -0.370 e. The molecule has 1 fully saturated rings. The second-order valence-corrected chi connectivity index (χ2v) is 3.79. The minimum atomic E-state index is 0.295. The molecule has 3 N–H and O–H groups in total. The Morgan fingerprint density at radius 1 is 1.57 bits per heavy atom. The molecule has 78 valence electrons. The van der Waals surface area contributed by atoms with Gasteiger partial charge in [0.05, 0.1) is 6.10 Å². The maximum absolute atomic E-state index is 5.86. The van der Waals surface area contributed by atoms with Crippen LogP contribution in [0.1, 0.15) is 31.5 Å². The van der Waals surface area contributed by atoms with Crippen LogP contribution in [0.4, 0.5) is 0 Å². The lowest BCUT2D eigenvalue weighted by molar-refractivity contribution is 0.00915. The highest BCUT2D eigenvalue weighted by Crippen LogP contribution is 2.20. The molecule has 0 amide bonds. The number of hydrogen-bond donors (Lipinski definition) is 2. The molecule has 1 aromatic heterocycles. The molecular weight excluding hydrogens is 180 g/mol. The molecule has 2 unspecified atom stereocenters. The Kier molecular flexibility index (Phi) is 3.10. The van der Waals surface area contributed by atoms with Crippen molar-refractivity contribution in [1.29, 1.82) is 0 Å². The van der Waals surface area contributed by atoms with Crippen LogP contribution < -0.4 is 5.73 Å². The van der Waals surface area contributed by atoms with Crippen molar-refractivity contribution in [2.75, 3.05) is 0 Å². The van der Waals surface area contributed by atoms with Crippen molar-refractivity contribution in [3.05, 3.63) is 12.2 Å². The van der Waals surface area contributed by atoms with E-state index in [0.29, 0.717) is 18.8 Å². The molecular formula is C9H16N4O. The predicted octanol–water partition coefficient (Wildman–Crippen LogP) is 0.591. The molecule has 1 heterocycles. The van der Waals surface area contributed by atoms with E-state index < -0.39 is 0 Å². The van der Waals surface area contributed by atoms with Crippen molar-refractivity contribution < 1.29 is 4.74 Å². The monoisotopic (exact) mass is 196 g/mol. The highest BCUT2D eigenvalue weighted by molar-refractivity contribution is 4.79. The van der Waals surface area contributed by atoms with Crippen LogP contribution in [0.2, 0.25) is 0 Å². The number of aromatic amines is 1. The third kappa shape index (κ3) is 2.52. The number of nitrogens with one attached hydrogen (secondary N) is 1. The maximum atomic E-state index is 5.86. The van der Waals surface area contributed by atoms with Crippen molar-refractivity contribution in [3.8, 4) is 0 Å². The smallest absolute Gasteiger partial charge is 0.150 e. The van der Waals surface area contributed by atoms with Crippen LogP contribution in [-0.2, 0) is 11.3 Å². The van der Waals surface area contributed by atoms with Crippen LogP contribution in [0.25, 0.3) is 0 Å². The first-order valence-corrected chi connectivity index (χ1v) is 5.06. The number of ether oxygens (including phenoxy) is 1. The number of nitrogens with two attached hydrogens (primary N) is 1. The van der Waals surface area contributed by atoms with Gasteiger partial charge in [-0.2, -0.15) is 5.10 Å². The van der Waals surface area contributed by atoms with Crippen molar-refractivity contribution in [1.82, 2.24) is 15.2 Å². The van der Waals surface area contributed by atoms with Crippen molar-refractivity contribution >= 4 is 0 Å². The second kappa shape index (κ2) is 4.52. The first kappa shape index (κ1) is 9.61. The first-order valence-electron chi connectivity index (χ1n) is 5.06. The van der Waals surface area contributed by atoms with Gasteiger partial charge in [0.1, 0.15) is 18.8 Å². The fraction of sp³-hybridized carbons (Fsp3) is 0.778. The van der Waals surface area contributed by atoms with Crippen LogP contribution in [0.15, 0.2) is 6.33 Å². The van der Waals surface area contributed by atoms with E-state index in [1.165, 1.54) is 12.7 Å². The van der Waals surface area contributed by atoms with Gasteiger partial charge in [-0.25, -0.2) is 4.98 Å². The summed E-state index contributed by atoms with van der Waals surface area (Å²) in [7, 11) is 0. The number of nitrogens with zero attached hydrogens (tertiary/aromatic N) is 2. The summed E-state index contributed by atoms with van der Waals surface area (Å²) in [5.41, 5.74) is 5.86. The number of rotatable bonds is 3. The van der Waals surface area contributed by atoms with Crippen LogP contribution >= 0.6 is 0 Å². The molecule has 0 spiro atoms. The highest BCUT2D eigenvalue weighted by Gasteiger charge is 2.19. The minimum absolute atomic E-state index is 0.295. The molecule has 1 aliphatic rings. The number of hydrogen-bond acceptors (Lipinski definition) is 4. The Hall–Kier alpha value is -0.940. The molecule has 5 nitrogen and oxygen atoms in total. The van der Waals surface area contributed by atoms with Gasteiger partial charge in [0.2, 0.25) is 0 Å². The Morgan fingerprint density at radius 2 is 2.50 bits per heavy atom. The standard InChI is InChI=1S/C9H16N4O/c10-7-2-1-3-8(4-7)14-5-9-11-6-12-13-9/h6-8H,1-5,10H2,(H,11,12,13). The third-order valence-corrected chi connectivity index (χ3v) is 2.59. The highest BCUT2D eigenvalue weighted by atomic mass is 16.5. The molecule has 1 aliphatic carbocycles. The number of aromatic nitrogens is 3. The quantitative estimate of drug-likeness (QED) is 0.741. The van der Waals surface area contributed by atoms with E-state index in [0.717, 1.165) is 25.1 Å². The van der Waals surface area contributed by atoms with Gasteiger partial charge in [0, 0.05) is 6.04 Å². The van der Waals surface area contributed by atoms with Gasteiger partial charge in [-0.3, -0.25) is 5.10 Å². The van der Waals surface area contributed by atoms with Gasteiger partial charge in [0.25, 0.3) is 0 Å². The summed E-state index contributed by atoms with van der Waals surface area (Å²) >= 11 is 0. The summed E-state index contributed by atoms with van der Waals surface area (Å²) in [5.74, 6) is 0.782. The molecule has 5 heteroatoms.